The first-order chi connectivity index (χ1) is 9.63. The van der Waals surface area contributed by atoms with Gasteiger partial charge in [-0.2, -0.15) is 0 Å². The molecule has 106 valence electrons. The molecule has 1 heterocycles. The van der Waals surface area contributed by atoms with E-state index in [2.05, 4.69) is 4.98 Å². The van der Waals surface area contributed by atoms with Crippen LogP contribution in [0.3, 0.4) is 0 Å². The number of nitrogens with two attached hydrogens (primary N) is 1. The van der Waals surface area contributed by atoms with Crippen LogP contribution >= 0.6 is 0 Å². The van der Waals surface area contributed by atoms with E-state index in [1.807, 2.05) is 54.9 Å². The number of Topliss-reactive ketones (excluding diaryl/α,β-unsaturated/α-hetero) is 1. The zero-order chi connectivity index (χ0) is 14.5. The predicted octanol–water partition coefficient (Wildman–Crippen LogP) is 2.35. The third-order valence-corrected chi connectivity index (χ3v) is 3.71. The monoisotopic (exact) mass is 271 g/mol. The lowest BCUT2D eigenvalue weighted by Gasteiger charge is -2.19. The van der Waals surface area contributed by atoms with Gasteiger partial charge in [-0.05, 0) is 12.5 Å². The van der Waals surface area contributed by atoms with Crippen molar-refractivity contribution in [1.29, 1.82) is 0 Å². The van der Waals surface area contributed by atoms with E-state index in [1.54, 1.807) is 6.20 Å². The maximum absolute atomic E-state index is 12.4. The molecule has 0 bridgehead atoms. The molecule has 2 rings (SSSR count). The summed E-state index contributed by atoms with van der Waals surface area (Å²) in [4.78, 5) is 16.6. The molecule has 1 aromatic carbocycles. The molecular weight excluding hydrogens is 250 g/mol. The summed E-state index contributed by atoms with van der Waals surface area (Å²) in [6.07, 6.45) is 3.96. The number of aryl methyl sites for hydroxylation is 1. The molecule has 2 unspecified atom stereocenters. The van der Waals surface area contributed by atoms with Crippen LogP contribution in [0.5, 0.6) is 0 Å². The standard InChI is InChI=1S/C16H21N3O/c1-3-19-10-9-18-15(19)11-14(20)12(2)16(17)13-7-5-4-6-8-13/h4-10,12,16H,3,11,17H2,1-2H3. The quantitative estimate of drug-likeness (QED) is 0.877. The van der Waals surface area contributed by atoms with Crippen molar-refractivity contribution in [2.24, 2.45) is 11.7 Å². The number of ketones is 1. The molecule has 0 aliphatic rings. The number of hydrogen-bond acceptors (Lipinski definition) is 3. The topological polar surface area (TPSA) is 60.9 Å². The van der Waals surface area contributed by atoms with Gasteiger partial charge in [0, 0.05) is 30.9 Å². The van der Waals surface area contributed by atoms with E-state index >= 15 is 0 Å². The first kappa shape index (κ1) is 14.5. The number of imidazole rings is 1. The minimum Gasteiger partial charge on any atom is -0.335 e. The Morgan fingerprint density at radius 1 is 1.35 bits per heavy atom. The highest BCUT2D eigenvalue weighted by Gasteiger charge is 2.23. The average molecular weight is 271 g/mol. The molecule has 0 saturated heterocycles. The number of hydrogen-bond donors (Lipinski definition) is 1. The fraction of sp³-hybridized carbons (Fsp3) is 0.375. The third kappa shape index (κ3) is 3.14. The SMILES string of the molecule is CCn1ccnc1CC(=O)C(C)C(N)c1ccccc1. The van der Waals surface area contributed by atoms with E-state index in [-0.39, 0.29) is 17.7 Å². The van der Waals surface area contributed by atoms with E-state index in [9.17, 15) is 4.79 Å². The first-order valence-electron chi connectivity index (χ1n) is 6.96. The summed E-state index contributed by atoms with van der Waals surface area (Å²) in [5, 5.41) is 0. The molecule has 2 N–H and O–H groups in total. The van der Waals surface area contributed by atoms with Crippen LogP contribution in [0, 0.1) is 5.92 Å². The summed E-state index contributed by atoms with van der Waals surface area (Å²) in [6, 6.07) is 9.48. The van der Waals surface area contributed by atoms with E-state index in [0.717, 1.165) is 17.9 Å². The number of benzene rings is 1. The Hall–Kier alpha value is -1.94. The molecule has 0 spiro atoms. The minimum atomic E-state index is -0.270. The van der Waals surface area contributed by atoms with E-state index < -0.39 is 0 Å². The van der Waals surface area contributed by atoms with Crippen LogP contribution in [0.1, 0.15) is 31.3 Å². The van der Waals surface area contributed by atoms with E-state index in [4.69, 9.17) is 5.73 Å². The van der Waals surface area contributed by atoms with Gasteiger partial charge in [-0.25, -0.2) is 4.98 Å². The molecule has 0 aliphatic heterocycles. The maximum Gasteiger partial charge on any atom is 0.145 e. The van der Waals surface area contributed by atoms with Crippen molar-refractivity contribution in [3.05, 3.63) is 54.1 Å². The fourth-order valence-corrected chi connectivity index (χ4v) is 2.28. The molecule has 1 aromatic heterocycles. The predicted molar refractivity (Wildman–Crippen MR) is 79.1 cm³/mol. The van der Waals surface area contributed by atoms with Gasteiger partial charge in [0.25, 0.3) is 0 Å². The first-order valence-corrected chi connectivity index (χ1v) is 6.96. The molecule has 2 aromatic rings. The zero-order valence-corrected chi connectivity index (χ0v) is 12.0. The largest absolute Gasteiger partial charge is 0.335 e. The Bertz CT molecular complexity index is 562. The van der Waals surface area contributed by atoms with Crippen LogP contribution < -0.4 is 5.73 Å². The van der Waals surface area contributed by atoms with Crippen molar-refractivity contribution < 1.29 is 4.79 Å². The lowest BCUT2D eigenvalue weighted by molar-refractivity contribution is -0.122. The van der Waals surface area contributed by atoms with E-state index in [1.165, 1.54) is 0 Å². The molecule has 0 aliphatic carbocycles. The number of aromatic nitrogens is 2. The number of carbonyl (C=O) groups is 1. The molecule has 0 saturated carbocycles. The van der Waals surface area contributed by atoms with Crippen LogP contribution in [0.15, 0.2) is 42.7 Å². The summed E-state index contributed by atoms with van der Waals surface area (Å²) in [5.41, 5.74) is 7.18. The second kappa shape index (κ2) is 6.48. The average Bonchev–Trinajstić information content (AvgIpc) is 2.93. The van der Waals surface area contributed by atoms with Crippen molar-refractivity contribution in [2.75, 3.05) is 0 Å². The van der Waals surface area contributed by atoms with Crippen molar-refractivity contribution in [3.8, 4) is 0 Å². The summed E-state index contributed by atoms with van der Waals surface area (Å²) in [5.74, 6) is 0.714. The summed E-state index contributed by atoms with van der Waals surface area (Å²) in [6.45, 7) is 4.75. The Labute approximate surface area is 119 Å². The normalized spacial score (nSPS) is 13.9. The second-order valence-electron chi connectivity index (χ2n) is 5.00. The van der Waals surface area contributed by atoms with Gasteiger partial charge in [0.2, 0.25) is 0 Å². The van der Waals surface area contributed by atoms with Crippen molar-refractivity contribution in [2.45, 2.75) is 32.9 Å². The highest BCUT2D eigenvalue weighted by Crippen LogP contribution is 2.21. The van der Waals surface area contributed by atoms with Crippen molar-refractivity contribution >= 4 is 5.78 Å². The van der Waals surface area contributed by atoms with Gasteiger partial charge in [-0.3, -0.25) is 4.79 Å². The van der Waals surface area contributed by atoms with E-state index in [0.29, 0.717) is 6.42 Å². The van der Waals surface area contributed by atoms with Gasteiger partial charge in [0.15, 0.2) is 0 Å². The fourth-order valence-electron chi connectivity index (χ4n) is 2.28. The Kier molecular flexibility index (Phi) is 4.69. The molecule has 0 fully saturated rings. The number of carbonyl (C=O) groups excluding carboxylic acids is 1. The highest BCUT2D eigenvalue weighted by atomic mass is 16.1. The molecule has 0 amide bonds. The van der Waals surface area contributed by atoms with Crippen LogP contribution in [0.4, 0.5) is 0 Å². The Morgan fingerprint density at radius 3 is 2.70 bits per heavy atom. The maximum atomic E-state index is 12.4. The lowest BCUT2D eigenvalue weighted by Crippen LogP contribution is -2.27. The van der Waals surface area contributed by atoms with Gasteiger partial charge >= 0.3 is 0 Å². The summed E-state index contributed by atoms with van der Waals surface area (Å²) < 4.78 is 1.98. The molecule has 4 nitrogen and oxygen atoms in total. The minimum absolute atomic E-state index is 0.127. The highest BCUT2D eigenvalue weighted by molar-refractivity contribution is 5.83. The molecular formula is C16H21N3O. The lowest BCUT2D eigenvalue weighted by atomic mass is 9.90. The van der Waals surface area contributed by atoms with Crippen LogP contribution in [-0.4, -0.2) is 15.3 Å². The molecule has 20 heavy (non-hydrogen) atoms. The van der Waals surface area contributed by atoms with Crippen LogP contribution in [0.25, 0.3) is 0 Å². The molecule has 0 radical (unpaired) electrons. The van der Waals surface area contributed by atoms with Gasteiger partial charge in [-0.15, -0.1) is 0 Å². The number of nitrogens with zero attached hydrogens (tertiary/aromatic N) is 2. The second-order valence-corrected chi connectivity index (χ2v) is 5.00. The Balaban J connectivity index is 2.05. The van der Waals surface area contributed by atoms with Gasteiger partial charge in [-0.1, -0.05) is 37.3 Å². The van der Waals surface area contributed by atoms with Gasteiger partial charge < -0.3 is 10.3 Å². The molecule has 4 heteroatoms. The smallest absolute Gasteiger partial charge is 0.145 e. The summed E-state index contributed by atoms with van der Waals surface area (Å²) >= 11 is 0. The van der Waals surface area contributed by atoms with Gasteiger partial charge in [0.1, 0.15) is 11.6 Å². The van der Waals surface area contributed by atoms with Crippen LogP contribution in [-0.2, 0) is 17.8 Å². The molecule has 2 atom stereocenters. The zero-order valence-electron chi connectivity index (χ0n) is 12.0. The van der Waals surface area contributed by atoms with Crippen LogP contribution in [0.2, 0.25) is 0 Å². The van der Waals surface area contributed by atoms with Crippen molar-refractivity contribution in [3.63, 3.8) is 0 Å². The summed E-state index contributed by atoms with van der Waals surface area (Å²) in [7, 11) is 0. The van der Waals surface area contributed by atoms with Crippen molar-refractivity contribution in [1.82, 2.24) is 9.55 Å². The third-order valence-electron chi connectivity index (χ3n) is 3.71. The van der Waals surface area contributed by atoms with Gasteiger partial charge in [0.05, 0.1) is 6.42 Å². The number of rotatable bonds is 6. The Morgan fingerprint density at radius 2 is 2.05 bits per heavy atom.